The van der Waals surface area contributed by atoms with Crippen LogP contribution in [-0.4, -0.2) is 10.1 Å². The highest BCUT2D eigenvalue weighted by Gasteiger charge is 2.19. The largest absolute Gasteiger partial charge is 0.339 e. The van der Waals surface area contributed by atoms with E-state index < -0.39 is 11.6 Å². The maximum Gasteiger partial charge on any atom is 0.229 e. The number of halogens is 3. The van der Waals surface area contributed by atoms with E-state index in [1.807, 2.05) is 13.0 Å². The Bertz CT molecular complexity index is 666. The highest BCUT2D eigenvalue weighted by molar-refractivity contribution is 9.10. The van der Waals surface area contributed by atoms with E-state index in [0.29, 0.717) is 24.3 Å². The molecule has 1 aromatic heterocycles. The molecule has 1 unspecified atom stereocenters. The van der Waals surface area contributed by atoms with Crippen molar-refractivity contribution < 1.29 is 13.3 Å². The lowest BCUT2D eigenvalue weighted by atomic mass is 10.1. The fourth-order valence-electron chi connectivity index (χ4n) is 1.65. The molecule has 20 heavy (non-hydrogen) atoms. The molecule has 0 saturated heterocycles. The van der Waals surface area contributed by atoms with Crippen LogP contribution < -0.4 is 0 Å². The molecule has 0 N–H and O–H groups in total. The van der Waals surface area contributed by atoms with Gasteiger partial charge in [0.2, 0.25) is 11.7 Å². The molecule has 2 aromatic rings. The molecule has 2 rings (SSSR count). The minimum absolute atomic E-state index is 0.0467. The van der Waals surface area contributed by atoms with Crippen molar-refractivity contribution in [2.75, 3.05) is 0 Å². The summed E-state index contributed by atoms with van der Waals surface area (Å²) in [5, 5.41) is 12.3. The Kier molecular flexibility index (Phi) is 4.45. The van der Waals surface area contributed by atoms with E-state index in [2.05, 4.69) is 26.1 Å². The first-order valence-corrected chi connectivity index (χ1v) is 6.68. The lowest BCUT2D eigenvalue weighted by Crippen LogP contribution is -1.94. The zero-order valence-electron chi connectivity index (χ0n) is 10.5. The van der Waals surface area contributed by atoms with Crippen molar-refractivity contribution in [1.29, 1.82) is 5.26 Å². The van der Waals surface area contributed by atoms with Crippen molar-refractivity contribution in [3.05, 3.63) is 34.1 Å². The minimum Gasteiger partial charge on any atom is -0.339 e. The van der Waals surface area contributed by atoms with Crippen molar-refractivity contribution in [1.82, 2.24) is 10.1 Å². The molecule has 1 heterocycles. The van der Waals surface area contributed by atoms with Crippen LogP contribution in [0.5, 0.6) is 0 Å². The average Bonchev–Trinajstić information content (AvgIpc) is 2.92. The van der Waals surface area contributed by atoms with Crippen LogP contribution in [0, 0.1) is 23.0 Å². The standard InChI is InChI=1S/C13H10BrF2N3O/c1-7(3-2-6-17)13-18-12(19-20-13)8-4-5-9(15)11(16)10(8)14/h4-5,7H,2-3H2,1H3. The monoisotopic (exact) mass is 341 g/mol. The molecule has 0 amide bonds. The molecule has 0 fully saturated rings. The second-order valence-corrected chi connectivity index (χ2v) is 5.07. The SMILES string of the molecule is CC(CCC#N)c1nc(-c2ccc(F)c(F)c2Br)no1. The van der Waals surface area contributed by atoms with Crippen LogP contribution in [-0.2, 0) is 0 Å². The van der Waals surface area contributed by atoms with Crippen molar-refractivity contribution in [3.63, 3.8) is 0 Å². The van der Waals surface area contributed by atoms with Gasteiger partial charge in [0, 0.05) is 17.9 Å². The predicted molar refractivity (Wildman–Crippen MR) is 70.6 cm³/mol. The molecule has 0 saturated carbocycles. The van der Waals surface area contributed by atoms with Crippen molar-refractivity contribution >= 4 is 15.9 Å². The molecule has 104 valence electrons. The van der Waals surface area contributed by atoms with Gasteiger partial charge in [-0.3, -0.25) is 0 Å². The van der Waals surface area contributed by atoms with E-state index in [0.717, 1.165) is 6.07 Å². The molecule has 0 bridgehead atoms. The third-order valence-electron chi connectivity index (χ3n) is 2.83. The first-order chi connectivity index (χ1) is 9.54. The minimum atomic E-state index is -0.994. The number of hydrogen-bond donors (Lipinski definition) is 0. The predicted octanol–water partition coefficient (Wildman–Crippen LogP) is 4.18. The number of nitrogens with zero attached hydrogens (tertiary/aromatic N) is 3. The lowest BCUT2D eigenvalue weighted by molar-refractivity contribution is 0.355. The number of benzene rings is 1. The summed E-state index contributed by atoms with van der Waals surface area (Å²) in [5.74, 6) is -1.47. The highest BCUT2D eigenvalue weighted by Crippen LogP contribution is 2.31. The van der Waals surface area contributed by atoms with Gasteiger partial charge in [-0.1, -0.05) is 12.1 Å². The van der Waals surface area contributed by atoms with Crippen molar-refractivity contribution in [2.45, 2.75) is 25.7 Å². The molecule has 4 nitrogen and oxygen atoms in total. The van der Waals surface area contributed by atoms with Crippen LogP contribution in [0.2, 0.25) is 0 Å². The van der Waals surface area contributed by atoms with Gasteiger partial charge >= 0.3 is 0 Å². The van der Waals surface area contributed by atoms with Gasteiger partial charge in [-0.15, -0.1) is 0 Å². The van der Waals surface area contributed by atoms with E-state index in [9.17, 15) is 8.78 Å². The third-order valence-corrected chi connectivity index (χ3v) is 3.60. The van der Waals surface area contributed by atoms with E-state index in [-0.39, 0.29) is 16.2 Å². The van der Waals surface area contributed by atoms with Crippen LogP contribution >= 0.6 is 15.9 Å². The summed E-state index contributed by atoms with van der Waals surface area (Å²) in [4.78, 5) is 4.16. The Labute approximate surface area is 122 Å². The molecule has 0 radical (unpaired) electrons. The maximum atomic E-state index is 13.5. The molecule has 0 aliphatic heterocycles. The molecule has 0 spiro atoms. The zero-order valence-corrected chi connectivity index (χ0v) is 12.1. The van der Waals surface area contributed by atoms with Crippen LogP contribution in [0.25, 0.3) is 11.4 Å². The topological polar surface area (TPSA) is 62.7 Å². The van der Waals surface area contributed by atoms with Gasteiger partial charge in [0.05, 0.1) is 10.5 Å². The number of aromatic nitrogens is 2. The first kappa shape index (κ1) is 14.6. The average molecular weight is 342 g/mol. The summed E-state index contributed by atoms with van der Waals surface area (Å²) in [5.41, 5.74) is 0.311. The second kappa shape index (κ2) is 6.09. The maximum absolute atomic E-state index is 13.5. The Balaban J connectivity index is 2.30. The molecule has 0 aliphatic rings. The van der Waals surface area contributed by atoms with Crippen LogP contribution in [0.1, 0.15) is 31.6 Å². The van der Waals surface area contributed by atoms with Crippen molar-refractivity contribution in [2.24, 2.45) is 0 Å². The summed E-state index contributed by atoms with van der Waals surface area (Å²) in [7, 11) is 0. The molecule has 1 aromatic carbocycles. The van der Waals surface area contributed by atoms with Gasteiger partial charge in [-0.05, 0) is 34.5 Å². The lowest BCUT2D eigenvalue weighted by Gasteiger charge is -2.02. The Morgan fingerprint density at radius 2 is 2.20 bits per heavy atom. The van der Waals surface area contributed by atoms with Crippen LogP contribution in [0.3, 0.4) is 0 Å². The van der Waals surface area contributed by atoms with Gasteiger partial charge in [0.15, 0.2) is 11.6 Å². The van der Waals surface area contributed by atoms with Crippen molar-refractivity contribution in [3.8, 4) is 17.5 Å². The van der Waals surface area contributed by atoms with Gasteiger partial charge in [-0.25, -0.2) is 8.78 Å². The van der Waals surface area contributed by atoms with Crippen LogP contribution in [0.4, 0.5) is 8.78 Å². The van der Waals surface area contributed by atoms with E-state index in [1.165, 1.54) is 6.07 Å². The number of rotatable bonds is 4. The second-order valence-electron chi connectivity index (χ2n) is 4.28. The van der Waals surface area contributed by atoms with Gasteiger partial charge in [0.25, 0.3) is 0 Å². The van der Waals surface area contributed by atoms with E-state index in [1.54, 1.807) is 0 Å². The van der Waals surface area contributed by atoms with Gasteiger partial charge in [0.1, 0.15) is 0 Å². The molecular formula is C13H10BrF2N3O. The summed E-state index contributed by atoms with van der Waals surface area (Å²) in [6, 6.07) is 4.42. The summed E-state index contributed by atoms with van der Waals surface area (Å²) < 4.78 is 31.6. The first-order valence-electron chi connectivity index (χ1n) is 5.89. The van der Waals surface area contributed by atoms with Crippen LogP contribution in [0.15, 0.2) is 21.1 Å². The summed E-state index contributed by atoms with van der Waals surface area (Å²) in [6.45, 7) is 1.86. The summed E-state index contributed by atoms with van der Waals surface area (Å²) in [6.07, 6.45) is 0.977. The zero-order chi connectivity index (χ0) is 14.7. The molecular weight excluding hydrogens is 332 g/mol. The Hall–Kier alpha value is -1.81. The third kappa shape index (κ3) is 2.85. The summed E-state index contributed by atoms with van der Waals surface area (Å²) >= 11 is 2.98. The molecule has 7 heteroatoms. The van der Waals surface area contributed by atoms with E-state index >= 15 is 0 Å². The fourth-order valence-corrected chi connectivity index (χ4v) is 2.15. The normalized spacial score (nSPS) is 12.2. The highest BCUT2D eigenvalue weighted by atomic mass is 79.9. The molecule has 0 aliphatic carbocycles. The molecule has 1 atom stereocenters. The quantitative estimate of drug-likeness (QED) is 0.782. The smallest absolute Gasteiger partial charge is 0.229 e. The number of nitriles is 1. The number of hydrogen-bond acceptors (Lipinski definition) is 4. The van der Waals surface area contributed by atoms with Gasteiger partial charge < -0.3 is 4.52 Å². The Morgan fingerprint density at radius 3 is 2.90 bits per heavy atom. The Morgan fingerprint density at radius 1 is 1.45 bits per heavy atom. The fraction of sp³-hybridized carbons (Fsp3) is 0.308. The van der Waals surface area contributed by atoms with E-state index in [4.69, 9.17) is 9.78 Å². The van der Waals surface area contributed by atoms with Gasteiger partial charge in [-0.2, -0.15) is 10.2 Å².